The van der Waals surface area contributed by atoms with Crippen molar-refractivity contribution in [1.29, 1.82) is 0 Å². The van der Waals surface area contributed by atoms with E-state index < -0.39 is 0 Å². The molecule has 1 N–H and O–H groups in total. The summed E-state index contributed by atoms with van der Waals surface area (Å²) in [6, 6.07) is 0. The second-order valence-corrected chi connectivity index (χ2v) is 17.9. The number of rotatable bonds is 22. The van der Waals surface area contributed by atoms with Crippen molar-refractivity contribution < 1.29 is 19.7 Å². The molecule has 4 rings (SSSR count). The second-order valence-electron chi connectivity index (χ2n) is 17.9. The van der Waals surface area contributed by atoms with Crippen LogP contribution in [0, 0.1) is 46.3 Å². The van der Waals surface area contributed by atoms with Gasteiger partial charge in [-0.25, -0.2) is 9.68 Å². The summed E-state index contributed by atoms with van der Waals surface area (Å²) in [6.45, 7) is 13.1. The molecule has 4 nitrogen and oxygen atoms in total. The molecule has 0 aliphatic heterocycles. The maximum Gasteiger partial charge on any atom is 0.331 e. The number of ether oxygens (including phenoxy) is 1. The van der Waals surface area contributed by atoms with Crippen LogP contribution in [-0.2, 0) is 14.4 Å². The maximum absolute atomic E-state index is 12.7. The van der Waals surface area contributed by atoms with Crippen LogP contribution in [0.4, 0.5) is 0 Å². The molecule has 0 saturated heterocycles. The number of hydrogen-bond donors (Lipinski definition) is 1. The van der Waals surface area contributed by atoms with E-state index in [0.717, 1.165) is 67.6 Å². The van der Waals surface area contributed by atoms with Crippen molar-refractivity contribution in [1.82, 2.24) is 0 Å². The Labute approximate surface area is 302 Å². The van der Waals surface area contributed by atoms with Crippen LogP contribution >= 0.6 is 0 Å². The molecule has 4 unspecified atom stereocenters. The van der Waals surface area contributed by atoms with Gasteiger partial charge in [-0.2, -0.15) is 0 Å². The quantitative estimate of drug-likeness (QED) is 0.0235. The molecule has 3 fully saturated rings. The van der Waals surface area contributed by atoms with E-state index in [1.165, 1.54) is 116 Å². The second kappa shape index (κ2) is 20.6. The maximum atomic E-state index is 12.7. The van der Waals surface area contributed by atoms with E-state index in [4.69, 9.17) is 9.99 Å². The van der Waals surface area contributed by atoms with Gasteiger partial charge in [-0.05, 0) is 111 Å². The molecule has 4 heteroatoms. The van der Waals surface area contributed by atoms with Gasteiger partial charge in [0.2, 0.25) is 0 Å². The summed E-state index contributed by atoms with van der Waals surface area (Å²) in [7, 11) is 0. The monoisotopic (exact) mass is 681 g/mol. The zero-order valence-electron chi connectivity index (χ0n) is 32.6. The Morgan fingerprint density at radius 1 is 0.837 bits per heavy atom. The summed E-state index contributed by atoms with van der Waals surface area (Å²) in [5.74, 6) is 4.97. The minimum Gasteiger partial charge on any atom is -0.459 e. The van der Waals surface area contributed by atoms with E-state index >= 15 is 0 Å². The molecule has 0 heterocycles. The molecule has 0 spiro atoms. The highest BCUT2D eigenvalue weighted by atomic mass is 17.1. The van der Waals surface area contributed by atoms with E-state index in [9.17, 15) is 4.79 Å². The van der Waals surface area contributed by atoms with Crippen molar-refractivity contribution in [2.45, 2.75) is 188 Å². The highest BCUT2D eigenvalue weighted by Gasteiger charge is 2.59. The van der Waals surface area contributed by atoms with Gasteiger partial charge in [0.1, 0.15) is 6.10 Å². The highest BCUT2D eigenvalue weighted by Crippen LogP contribution is 2.67. The zero-order valence-corrected chi connectivity index (χ0v) is 32.6. The van der Waals surface area contributed by atoms with Gasteiger partial charge in [0, 0.05) is 12.5 Å². The third kappa shape index (κ3) is 11.6. The first kappa shape index (κ1) is 40.4. The predicted octanol–water partition coefficient (Wildman–Crippen LogP) is 13.2. The lowest BCUT2D eigenvalue weighted by Crippen LogP contribution is -2.51. The number of carbonyl (C=O) groups excluding carboxylic acids is 1. The zero-order chi connectivity index (χ0) is 35.1. The third-order valence-electron chi connectivity index (χ3n) is 14.1. The fourth-order valence-corrected chi connectivity index (χ4v) is 11.3. The molecular weight excluding hydrogens is 604 g/mol. The minimum atomic E-state index is -0.181. The van der Waals surface area contributed by atoms with Crippen molar-refractivity contribution in [2.75, 3.05) is 6.61 Å². The largest absolute Gasteiger partial charge is 0.459 e. The van der Waals surface area contributed by atoms with Gasteiger partial charge in [0.05, 0.1) is 6.61 Å². The van der Waals surface area contributed by atoms with E-state index in [1.807, 2.05) is 12.2 Å². The molecule has 0 radical (unpaired) electrons. The van der Waals surface area contributed by atoms with Gasteiger partial charge in [-0.15, -0.1) is 0 Å². The Balaban J connectivity index is 1.11. The number of fused-ring (bicyclic) bond motifs is 5. The fourth-order valence-electron chi connectivity index (χ4n) is 11.3. The van der Waals surface area contributed by atoms with Gasteiger partial charge in [0.25, 0.3) is 0 Å². The Bertz CT molecular complexity index is 1060. The molecule has 0 aromatic heterocycles. The van der Waals surface area contributed by atoms with Crippen LogP contribution in [-0.4, -0.2) is 23.9 Å². The minimum absolute atomic E-state index is 0.0281. The average Bonchev–Trinajstić information content (AvgIpc) is 3.43. The van der Waals surface area contributed by atoms with Crippen molar-refractivity contribution in [3.63, 3.8) is 0 Å². The molecule has 0 amide bonds. The lowest BCUT2D eigenvalue weighted by Gasteiger charge is -2.58. The molecule has 3 saturated carbocycles. The van der Waals surface area contributed by atoms with Gasteiger partial charge in [-0.1, -0.05) is 142 Å². The van der Waals surface area contributed by atoms with E-state index in [1.54, 1.807) is 11.6 Å². The number of unbranched alkanes of at least 4 members (excludes halogenated alkanes) is 11. The van der Waals surface area contributed by atoms with Crippen LogP contribution in [0.1, 0.15) is 182 Å². The lowest BCUT2D eigenvalue weighted by molar-refractivity contribution is -0.242. The van der Waals surface area contributed by atoms with E-state index in [0.29, 0.717) is 17.4 Å². The summed E-state index contributed by atoms with van der Waals surface area (Å²) >= 11 is 0. The lowest BCUT2D eigenvalue weighted by atomic mass is 9.47. The molecule has 49 heavy (non-hydrogen) atoms. The van der Waals surface area contributed by atoms with Crippen molar-refractivity contribution in [2.24, 2.45) is 46.3 Å². The number of hydrogen-bond acceptors (Lipinski definition) is 4. The average molecular weight is 681 g/mol. The molecule has 4 aliphatic rings. The van der Waals surface area contributed by atoms with Gasteiger partial charge in [-0.3, -0.25) is 5.26 Å². The molecule has 4 aliphatic carbocycles. The highest BCUT2D eigenvalue weighted by molar-refractivity contribution is 5.82. The first-order chi connectivity index (χ1) is 23.7. The molecule has 8 atom stereocenters. The summed E-state index contributed by atoms with van der Waals surface area (Å²) in [6.07, 6.45) is 39.5. The molecule has 0 aromatic carbocycles. The molecule has 280 valence electrons. The van der Waals surface area contributed by atoms with Crippen LogP contribution in [0.15, 0.2) is 36.0 Å². The van der Waals surface area contributed by atoms with Crippen LogP contribution in [0.3, 0.4) is 0 Å². The predicted molar refractivity (Wildman–Crippen MR) is 205 cm³/mol. The normalized spacial score (nSPS) is 31.9. The Kier molecular flexibility index (Phi) is 17.0. The van der Waals surface area contributed by atoms with Crippen molar-refractivity contribution >= 4 is 5.97 Å². The Morgan fingerprint density at radius 2 is 1.53 bits per heavy atom. The standard InChI is InChI=1S/C45H76O4/c1-35(2)22-21-23-36(3)40-27-28-41-39-26-25-37-34-38(29-31-44(37,4)42(39)30-32-45(40,41)5)49-43(46)24-19-17-15-13-11-9-7-6-8-10-12-14-16-18-20-33-48-47/h15,17,19,24-25,35-36,38-42,47H,6-14,16,18,20-23,26-34H2,1-5H3/t36-,38?,39?,40-,41?,42?,44+,45-/m1/s1. The van der Waals surface area contributed by atoms with E-state index in [-0.39, 0.29) is 12.1 Å². The molecule has 0 bridgehead atoms. The summed E-state index contributed by atoms with van der Waals surface area (Å²) in [5, 5.41) is 8.34. The molecule has 0 aromatic rings. The first-order valence-electron chi connectivity index (χ1n) is 21.2. The van der Waals surface area contributed by atoms with Crippen molar-refractivity contribution in [3.05, 3.63) is 36.0 Å². The molecular formula is C45H76O4. The number of esters is 1. The van der Waals surface area contributed by atoms with E-state index in [2.05, 4.69) is 51.7 Å². The summed E-state index contributed by atoms with van der Waals surface area (Å²) in [5.41, 5.74) is 2.43. The van der Waals surface area contributed by atoms with Gasteiger partial charge in [0.15, 0.2) is 0 Å². The summed E-state index contributed by atoms with van der Waals surface area (Å²) < 4.78 is 6.01. The smallest absolute Gasteiger partial charge is 0.331 e. The van der Waals surface area contributed by atoms with Crippen LogP contribution in [0.5, 0.6) is 0 Å². The summed E-state index contributed by atoms with van der Waals surface area (Å²) in [4.78, 5) is 16.8. The van der Waals surface area contributed by atoms with Crippen LogP contribution in [0.2, 0.25) is 0 Å². The number of allylic oxidation sites excluding steroid dienone is 4. The Hall–Kier alpha value is -1.39. The Morgan fingerprint density at radius 3 is 2.22 bits per heavy atom. The van der Waals surface area contributed by atoms with Gasteiger partial charge >= 0.3 is 5.97 Å². The third-order valence-corrected chi connectivity index (χ3v) is 14.1. The van der Waals surface area contributed by atoms with Crippen LogP contribution < -0.4 is 0 Å². The van der Waals surface area contributed by atoms with Crippen molar-refractivity contribution in [3.8, 4) is 0 Å². The first-order valence-corrected chi connectivity index (χ1v) is 21.2. The fraction of sp³-hybridized carbons (Fsp3) is 0.844. The van der Waals surface area contributed by atoms with Crippen LogP contribution in [0.25, 0.3) is 0 Å². The topological polar surface area (TPSA) is 55.8 Å². The van der Waals surface area contributed by atoms with Gasteiger partial charge < -0.3 is 4.74 Å². The number of carbonyl (C=O) groups is 1. The SMILES string of the molecule is CC(C)CCC[C@@H](C)[C@H]1CCC2C3CC=C4CC(OC(=O)C=CC=CCCCCCCCCCCCCCOO)CC[C@]4(C)C3CC[C@@]21C.